The van der Waals surface area contributed by atoms with Gasteiger partial charge in [0.05, 0.1) is 24.1 Å². The maximum Gasteiger partial charge on any atom is 0.119 e. The minimum absolute atomic E-state index is 0.0205. The Hall–Kier alpha value is -1.81. The molecule has 96 valence electrons. The van der Waals surface area contributed by atoms with Gasteiger partial charge in [-0.15, -0.1) is 0 Å². The first-order valence-electron chi connectivity index (χ1n) is 6.03. The quantitative estimate of drug-likeness (QED) is 0.872. The van der Waals surface area contributed by atoms with E-state index in [-0.39, 0.29) is 12.7 Å². The van der Waals surface area contributed by atoms with Crippen LogP contribution in [0.3, 0.4) is 0 Å². The maximum absolute atomic E-state index is 9.13. The fourth-order valence-corrected chi connectivity index (χ4v) is 1.83. The fraction of sp³-hybridized carbons (Fsp3) is 0.357. The molecule has 2 N–H and O–H groups in total. The molecular weight excluding hydrogens is 228 g/mol. The first-order valence-corrected chi connectivity index (χ1v) is 6.03. The van der Waals surface area contributed by atoms with Gasteiger partial charge in [-0.05, 0) is 45.0 Å². The number of nitrogens with one attached hydrogen (secondary N) is 1. The Kier molecular flexibility index (Phi) is 3.67. The second-order valence-electron chi connectivity index (χ2n) is 4.52. The second kappa shape index (κ2) is 5.23. The molecular formula is C14H18N2O2. The molecule has 0 fully saturated rings. The third-order valence-electron chi connectivity index (χ3n) is 2.77. The zero-order valence-corrected chi connectivity index (χ0v) is 10.9. The number of H-pyrrole nitrogens is 1. The van der Waals surface area contributed by atoms with Gasteiger partial charge in [0.15, 0.2) is 0 Å². The molecule has 0 amide bonds. The summed E-state index contributed by atoms with van der Waals surface area (Å²) in [7, 11) is 0. The lowest BCUT2D eigenvalue weighted by Crippen LogP contribution is -2.05. The fourth-order valence-electron chi connectivity index (χ4n) is 1.83. The van der Waals surface area contributed by atoms with Crippen molar-refractivity contribution in [3.63, 3.8) is 0 Å². The molecule has 18 heavy (non-hydrogen) atoms. The van der Waals surface area contributed by atoms with Crippen LogP contribution in [-0.4, -0.2) is 21.4 Å². The highest BCUT2D eigenvalue weighted by molar-refractivity contribution is 5.64. The molecule has 1 aromatic heterocycles. The second-order valence-corrected chi connectivity index (χ2v) is 4.52. The zero-order valence-electron chi connectivity index (χ0n) is 10.9. The van der Waals surface area contributed by atoms with E-state index in [2.05, 4.69) is 10.2 Å². The van der Waals surface area contributed by atoms with E-state index in [1.807, 2.05) is 45.0 Å². The van der Waals surface area contributed by atoms with E-state index in [4.69, 9.17) is 9.84 Å². The van der Waals surface area contributed by atoms with Crippen molar-refractivity contribution in [1.29, 1.82) is 0 Å². The lowest BCUT2D eigenvalue weighted by Gasteiger charge is -2.09. The van der Waals surface area contributed by atoms with Crippen molar-refractivity contribution < 1.29 is 9.84 Å². The first kappa shape index (κ1) is 12.6. The van der Waals surface area contributed by atoms with Gasteiger partial charge in [-0.3, -0.25) is 5.10 Å². The Labute approximate surface area is 107 Å². The number of rotatable bonds is 4. The van der Waals surface area contributed by atoms with Gasteiger partial charge in [0, 0.05) is 11.1 Å². The minimum atomic E-state index is -0.0205. The van der Waals surface area contributed by atoms with Crippen LogP contribution in [0, 0.1) is 6.92 Å². The smallest absolute Gasteiger partial charge is 0.119 e. The van der Waals surface area contributed by atoms with Gasteiger partial charge in [-0.2, -0.15) is 5.10 Å². The molecule has 0 spiro atoms. The summed E-state index contributed by atoms with van der Waals surface area (Å²) < 4.78 is 5.59. The molecule has 2 rings (SSSR count). The maximum atomic E-state index is 9.13. The number of hydrogen-bond donors (Lipinski definition) is 2. The Morgan fingerprint density at radius 3 is 2.44 bits per heavy atom. The molecule has 0 radical (unpaired) electrons. The molecule has 0 aliphatic heterocycles. The summed E-state index contributed by atoms with van der Waals surface area (Å²) in [6.07, 6.45) is 0.170. The van der Waals surface area contributed by atoms with E-state index < -0.39 is 0 Å². The largest absolute Gasteiger partial charge is 0.491 e. The average Bonchev–Trinajstić information content (AvgIpc) is 2.71. The van der Waals surface area contributed by atoms with E-state index in [0.717, 1.165) is 28.3 Å². The predicted molar refractivity (Wildman–Crippen MR) is 70.4 cm³/mol. The van der Waals surface area contributed by atoms with E-state index in [9.17, 15) is 0 Å². The molecule has 0 atom stereocenters. The Balaban J connectivity index is 2.26. The van der Waals surface area contributed by atoms with E-state index >= 15 is 0 Å². The van der Waals surface area contributed by atoms with Crippen LogP contribution in [0.25, 0.3) is 11.3 Å². The third kappa shape index (κ3) is 2.54. The van der Waals surface area contributed by atoms with Crippen LogP contribution in [0.4, 0.5) is 0 Å². The summed E-state index contributed by atoms with van der Waals surface area (Å²) in [6, 6.07) is 7.81. The van der Waals surface area contributed by atoms with Crippen molar-refractivity contribution in [2.75, 3.05) is 0 Å². The van der Waals surface area contributed by atoms with Crippen LogP contribution < -0.4 is 4.74 Å². The van der Waals surface area contributed by atoms with Gasteiger partial charge >= 0.3 is 0 Å². The number of aromatic amines is 1. The van der Waals surface area contributed by atoms with Crippen LogP contribution >= 0.6 is 0 Å². The SMILES string of the molecule is Cc1c(-c2ccc(OC(C)C)cc2)n[nH]c1CO. The molecule has 0 aliphatic carbocycles. The Bertz CT molecular complexity index is 515. The Morgan fingerprint density at radius 1 is 1.28 bits per heavy atom. The van der Waals surface area contributed by atoms with Gasteiger partial charge in [0.1, 0.15) is 5.75 Å². The van der Waals surface area contributed by atoms with Gasteiger partial charge in [0.25, 0.3) is 0 Å². The molecule has 0 unspecified atom stereocenters. The van der Waals surface area contributed by atoms with Crippen molar-refractivity contribution in [1.82, 2.24) is 10.2 Å². The van der Waals surface area contributed by atoms with E-state index in [1.54, 1.807) is 0 Å². The van der Waals surface area contributed by atoms with Gasteiger partial charge in [-0.25, -0.2) is 0 Å². The molecule has 1 aromatic carbocycles. The van der Waals surface area contributed by atoms with Gasteiger partial charge in [-0.1, -0.05) is 0 Å². The molecule has 0 aliphatic rings. The molecule has 2 aromatic rings. The van der Waals surface area contributed by atoms with Crippen molar-refractivity contribution in [2.24, 2.45) is 0 Å². The highest BCUT2D eigenvalue weighted by Gasteiger charge is 2.10. The molecule has 4 heteroatoms. The zero-order chi connectivity index (χ0) is 13.1. The van der Waals surface area contributed by atoms with Crippen LogP contribution in [0.5, 0.6) is 5.75 Å². The number of hydrogen-bond acceptors (Lipinski definition) is 3. The standard InChI is InChI=1S/C14H18N2O2/c1-9(2)18-12-6-4-11(5-7-12)14-10(3)13(8-17)15-16-14/h4-7,9,17H,8H2,1-3H3,(H,15,16). The topological polar surface area (TPSA) is 58.1 Å². The summed E-state index contributed by atoms with van der Waals surface area (Å²) in [5.41, 5.74) is 3.62. The van der Waals surface area contributed by atoms with Crippen LogP contribution in [-0.2, 0) is 6.61 Å². The van der Waals surface area contributed by atoms with Crippen molar-refractivity contribution in [2.45, 2.75) is 33.5 Å². The summed E-state index contributed by atoms with van der Waals surface area (Å²) in [5.74, 6) is 0.851. The number of aliphatic hydroxyl groups excluding tert-OH is 1. The number of aromatic nitrogens is 2. The summed E-state index contributed by atoms with van der Waals surface area (Å²) in [6.45, 7) is 5.93. The van der Waals surface area contributed by atoms with Crippen molar-refractivity contribution >= 4 is 0 Å². The van der Waals surface area contributed by atoms with Crippen LogP contribution in [0.15, 0.2) is 24.3 Å². The summed E-state index contributed by atoms with van der Waals surface area (Å²) in [5, 5.41) is 16.2. The van der Waals surface area contributed by atoms with E-state index in [0.29, 0.717) is 0 Å². The van der Waals surface area contributed by atoms with Crippen LogP contribution in [0.1, 0.15) is 25.1 Å². The lowest BCUT2D eigenvalue weighted by molar-refractivity contribution is 0.242. The lowest BCUT2D eigenvalue weighted by atomic mass is 10.1. The minimum Gasteiger partial charge on any atom is -0.491 e. The van der Waals surface area contributed by atoms with Crippen molar-refractivity contribution in [3.05, 3.63) is 35.5 Å². The van der Waals surface area contributed by atoms with Gasteiger partial charge in [0.2, 0.25) is 0 Å². The highest BCUT2D eigenvalue weighted by atomic mass is 16.5. The monoisotopic (exact) mass is 246 g/mol. The molecule has 1 heterocycles. The number of ether oxygens (including phenoxy) is 1. The summed E-state index contributed by atoms with van der Waals surface area (Å²) in [4.78, 5) is 0. The number of nitrogens with zero attached hydrogens (tertiary/aromatic N) is 1. The third-order valence-corrected chi connectivity index (χ3v) is 2.77. The average molecular weight is 246 g/mol. The number of aliphatic hydroxyl groups is 1. The summed E-state index contributed by atoms with van der Waals surface area (Å²) >= 11 is 0. The number of benzene rings is 1. The van der Waals surface area contributed by atoms with Crippen LogP contribution in [0.2, 0.25) is 0 Å². The highest BCUT2D eigenvalue weighted by Crippen LogP contribution is 2.25. The van der Waals surface area contributed by atoms with Gasteiger partial charge < -0.3 is 9.84 Å². The molecule has 0 saturated heterocycles. The normalized spacial score (nSPS) is 10.9. The van der Waals surface area contributed by atoms with Crippen molar-refractivity contribution in [3.8, 4) is 17.0 Å². The molecule has 0 saturated carbocycles. The Morgan fingerprint density at radius 2 is 1.94 bits per heavy atom. The molecule has 4 nitrogen and oxygen atoms in total. The first-order chi connectivity index (χ1) is 8.61. The predicted octanol–water partition coefficient (Wildman–Crippen LogP) is 2.66. The van der Waals surface area contributed by atoms with E-state index in [1.165, 1.54) is 0 Å². The molecule has 0 bridgehead atoms.